The van der Waals surface area contributed by atoms with Crippen LogP contribution >= 0.6 is 0 Å². The van der Waals surface area contributed by atoms with E-state index in [1.165, 1.54) is 18.4 Å². The fourth-order valence-corrected chi connectivity index (χ4v) is 4.85. The van der Waals surface area contributed by atoms with E-state index >= 15 is 0 Å². The molecular formula is C24H30N2O3. The standard InChI is InChI=1S/C24H30N2O3/c1-28-21-8-3-6-19(14-21)16-25-12-5-10-24(17-25)11-13-26(18-24)23(27)20-7-4-9-22(15-20)29-2/h3-4,6-9,14-15H,5,10-13,16-18H2,1-2H3/t24-/m1/s1. The van der Waals surface area contributed by atoms with Gasteiger partial charge in [0.1, 0.15) is 11.5 Å². The third kappa shape index (κ3) is 4.40. The highest BCUT2D eigenvalue weighted by Crippen LogP contribution is 2.40. The minimum absolute atomic E-state index is 0.116. The molecule has 1 amide bonds. The number of carbonyl (C=O) groups excluding carboxylic acids is 1. The summed E-state index contributed by atoms with van der Waals surface area (Å²) in [6, 6.07) is 15.8. The van der Waals surface area contributed by atoms with Gasteiger partial charge in [-0.05, 0) is 61.7 Å². The summed E-state index contributed by atoms with van der Waals surface area (Å²) >= 11 is 0. The number of ether oxygens (including phenoxy) is 2. The molecule has 29 heavy (non-hydrogen) atoms. The largest absolute Gasteiger partial charge is 0.497 e. The van der Waals surface area contributed by atoms with E-state index in [2.05, 4.69) is 23.1 Å². The van der Waals surface area contributed by atoms with Gasteiger partial charge in [-0.3, -0.25) is 9.69 Å². The number of hydrogen-bond donors (Lipinski definition) is 0. The van der Waals surface area contributed by atoms with Crippen molar-refractivity contribution < 1.29 is 14.3 Å². The average Bonchev–Trinajstić information content (AvgIpc) is 3.16. The normalized spacial score (nSPS) is 22.1. The highest BCUT2D eigenvalue weighted by Gasteiger charge is 2.42. The molecule has 2 aliphatic rings. The van der Waals surface area contributed by atoms with Crippen LogP contribution in [-0.4, -0.2) is 56.1 Å². The maximum atomic E-state index is 13.0. The number of likely N-dealkylation sites (tertiary alicyclic amines) is 2. The summed E-state index contributed by atoms with van der Waals surface area (Å²) in [6.07, 6.45) is 3.46. The quantitative estimate of drug-likeness (QED) is 0.773. The zero-order valence-corrected chi connectivity index (χ0v) is 17.4. The first kappa shape index (κ1) is 19.8. The number of amides is 1. The summed E-state index contributed by atoms with van der Waals surface area (Å²) in [6.45, 7) is 4.78. The molecule has 1 atom stereocenters. The average molecular weight is 395 g/mol. The molecule has 0 unspecified atom stereocenters. The Bertz CT molecular complexity index is 869. The fourth-order valence-electron chi connectivity index (χ4n) is 4.85. The van der Waals surface area contributed by atoms with E-state index in [4.69, 9.17) is 9.47 Å². The minimum atomic E-state index is 0.116. The summed E-state index contributed by atoms with van der Waals surface area (Å²) in [5.74, 6) is 1.75. The van der Waals surface area contributed by atoms with Crippen molar-refractivity contribution in [1.29, 1.82) is 0 Å². The third-order valence-corrected chi connectivity index (χ3v) is 6.32. The molecule has 0 aliphatic carbocycles. The van der Waals surface area contributed by atoms with Crippen LogP contribution in [0.25, 0.3) is 0 Å². The Hall–Kier alpha value is -2.53. The van der Waals surface area contributed by atoms with Gasteiger partial charge in [-0.15, -0.1) is 0 Å². The molecule has 4 rings (SSSR count). The molecule has 0 saturated carbocycles. The van der Waals surface area contributed by atoms with Crippen molar-refractivity contribution in [3.8, 4) is 11.5 Å². The summed E-state index contributed by atoms with van der Waals surface area (Å²) in [7, 11) is 3.34. The number of hydrogen-bond acceptors (Lipinski definition) is 4. The van der Waals surface area contributed by atoms with Gasteiger partial charge in [-0.25, -0.2) is 0 Å². The van der Waals surface area contributed by atoms with Crippen LogP contribution in [0.5, 0.6) is 11.5 Å². The lowest BCUT2D eigenvalue weighted by atomic mass is 9.79. The molecule has 2 saturated heterocycles. The molecule has 2 aromatic rings. The van der Waals surface area contributed by atoms with Crippen molar-refractivity contribution in [3.05, 3.63) is 59.7 Å². The van der Waals surface area contributed by atoms with Crippen molar-refractivity contribution >= 4 is 5.91 Å². The van der Waals surface area contributed by atoms with Crippen molar-refractivity contribution in [3.63, 3.8) is 0 Å². The van der Waals surface area contributed by atoms with Crippen LogP contribution in [0.3, 0.4) is 0 Å². The molecule has 2 aromatic carbocycles. The molecule has 154 valence electrons. The van der Waals surface area contributed by atoms with Crippen LogP contribution in [0, 0.1) is 5.41 Å². The van der Waals surface area contributed by atoms with Gasteiger partial charge in [-0.1, -0.05) is 18.2 Å². The van der Waals surface area contributed by atoms with Gasteiger partial charge in [0.05, 0.1) is 14.2 Å². The first-order valence-corrected chi connectivity index (χ1v) is 10.4. The van der Waals surface area contributed by atoms with Gasteiger partial charge in [0.15, 0.2) is 0 Å². The number of rotatable bonds is 5. The molecule has 2 fully saturated rings. The molecule has 1 spiro atoms. The monoisotopic (exact) mass is 394 g/mol. The predicted molar refractivity (Wildman–Crippen MR) is 113 cm³/mol. The smallest absolute Gasteiger partial charge is 0.254 e. The van der Waals surface area contributed by atoms with E-state index in [-0.39, 0.29) is 11.3 Å². The second kappa shape index (κ2) is 8.46. The number of carbonyl (C=O) groups is 1. The van der Waals surface area contributed by atoms with Crippen LogP contribution in [0.1, 0.15) is 35.2 Å². The van der Waals surface area contributed by atoms with Crippen molar-refractivity contribution in [2.24, 2.45) is 5.41 Å². The maximum Gasteiger partial charge on any atom is 0.254 e. The zero-order chi connectivity index (χ0) is 20.3. The Morgan fingerprint density at radius 3 is 2.52 bits per heavy atom. The minimum Gasteiger partial charge on any atom is -0.497 e. The summed E-state index contributed by atoms with van der Waals surface area (Å²) in [5.41, 5.74) is 2.21. The van der Waals surface area contributed by atoms with Gasteiger partial charge >= 0.3 is 0 Å². The first-order valence-electron chi connectivity index (χ1n) is 10.4. The summed E-state index contributed by atoms with van der Waals surface area (Å²) < 4.78 is 10.6. The van der Waals surface area contributed by atoms with E-state index in [1.54, 1.807) is 14.2 Å². The number of piperidine rings is 1. The highest BCUT2D eigenvalue weighted by molar-refractivity contribution is 5.94. The summed E-state index contributed by atoms with van der Waals surface area (Å²) in [4.78, 5) is 17.6. The molecule has 5 heteroatoms. The lowest BCUT2D eigenvalue weighted by Crippen LogP contribution is -2.45. The second-order valence-electron chi connectivity index (χ2n) is 8.37. The summed E-state index contributed by atoms with van der Waals surface area (Å²) in [5, 5.41) is 0. The second-order valence-corrected chi connectivity index (χ2v) is 8.37. The molecular weight excluding hydrogens is 364 g/mol. The van der Waals surface area contributed by atoms with Crippen LogP contribution in [-0.2, 0) is 6.54 Å². The van der Waals surface area contributed by atoms with E-state index < -0.39 is 0 Å². The first-order chi connectivity index (χ1) is 14.1. The number of methoxy groups -OCH3 is 2. The topological polar surface area (TPSA) is 42.0 Å². The van der Waals surface area contributed by atoms with Crippen molar-refractivity contribution in [2.75, 3.05) is 40.4 Å². The molecule has 0 radical (unpaired) electrons. The molecule has 0 aromatic heterocycles. The number of nitrogens with zero attached hydrogens (tertiary/aromatic N) is 2. The van der Waals surface area contributed by atoms with Crippen LogP contribution in [0.2, 0.25) is 0 Å². The van der Waals surface area contributed by atoms with Gasteiger partial charge in [-0.2, -0.15) is 0 Å². The highest BCUT2D eigenvalue weighted by atomic mass is 16.5. The lowest BCUT2D eigenvalue weighted by molar-refractivity contribution is 0.0675. The fraction of sp³-hybridized carbons (Fsp3) is 0.458. The van der Waals surface area contributed by atoms with Gasteiger partial charge in [0, 0.05) is 37.2 Å². The van der Waals surface area contributed by atoms with E-state index in [0.29, 0.717) is 5.56 Å². The van der Waals surface area contributed by atoms with Crippen molar-refractivity contribution in [1.82, 2.24) is 9.80 Å². The van der Waals surface area contributed by atoms with E-state index in [0.717, 1.165) is 50.6 Å². The van der Waals surface area contributed by atoms with Gasteiger partial charge in [0.25, 0.3) is 5.91 Å². The van der Waals surface area contributed by atoms with Crippen LogP contribution < -0.4 is 9.47 Å². The van der Waals surface area contributed by atoms with Crippen molar-refractivity contribution in [2.45, 2.75) is 25.8 Å². The molecule has 2 aliphatic heterocycles. The molecule has 0 bridgehead atoms. The third-order valence-electron chi connectivity index (χ3n) is 6.32. The Labute approximate surface area is 173 Å². The Balaban J connectivity index is 1.41. The van der Waals surface area contributed by atoms with E-state index in [1.807, 2.05) is 35.2 Å². The predicted octanol–water partition coefficient (Wildman–Crippen LogP) is 3.83. The Morgan fingerprint density at radius 1 is 0.966 bits per heavy atom. The van der Waals surface area contributed by atoms with Gasteiger partial charge < -0.3 is 14.4 Å². The zero-order valence-electron chi connectivity index (χ0n) is 17.4. The Kier molecular flexibility index (Phi) is 5.76. The molecule has 5 nitrogen and oxygen atoms in total. The Morgan fingerprint density at radius 2 is 1.72 bits per heavy atom. The lowest BCUT2D eigenvalue weighted by Gasteiger charge is -2.40. The van der Waals surface area contributed by atoms with Crippen LogP contribution in [0.15, 0.2) is 48.5 Å². The van der Waals surface area contributed by atoms with Gasteiger partial charge in [0.2, 0.25) is 0 Å². The van der Waals surface area contributed by atoms with Crippen LogP contribution in [0.4, 0.5) is 0 Å². The molecule has 0 N–H and O–H groups in total. The molecule has 2 heterocycles. The SMILES string of the molecule is COc1cccc(CN2CCC[C@@]3(CCN(C(=O)c4cccc(OC)c4)C3)C2)c1. The maximum absolute atomic E-state index is 13.0. The van der Waals surface area contributed by atoms with E-state index in [9.17, 15) is 4.79 Å². The number of benzene rings is 2.